The van der Waals surface area contributed by atoms with Gasteiger partial charge in [0.2, 0.25) is 5.91 Å². The molecule has 1 aromatic carbocycles. The highest BCUT2D eigenvalue weighted by molar-refractivity contribution is 6.01. The fraction of sp³-hybridized carbons (Fsp3) is 0.385. The molecule has 0 heterocycles. The van der Waals surface area contributed by atoms with Gasteiger partial charge in [-0.1, -0.05) is 12.1 Å². The van der Waals surface area contributed by atoms with E-state index in [4.69, 9.17) is 5.73 Å². The molecular formula is C13H19N3O2. The number of rotatable bonds is 5. The summed E-state index contributed by atoms with van der Waals surface area (Å²) >= 11 is 0. The van der Waals surface area contributed by atoms with E-state index < -0.39 is 11.9 Å². The van der Waals surface area contributed by atoms with Crippen molar-refractivity contribution < 1.29 is 9.59 Å². The molecule has 0 saturated carbocycles. The molecule has 5 nitrogen and oxygen atoms in total. The molecule has 0 aromatic heterocycles. The first-order chi connectivity index (χ1) is 8.41. The van der Waals surface area contributed by atoms with Gasteiger partial charge in [0, 0.05) is 11.7 Å². The summed E-state index contributed by atoms with van der Waals surface area (Å²) in [5.74, 6) is -0.873. The number of benzene rings is 1. The number of carbonyl (C=O) groups is 2. The van der Waals surface area contributed by atoms with Crippen molar-refractivity contribution in [1.82, 2.24) is 5.32 Å². The van der Waals surface area contributed by atoms with Gasteiger partial charge < -0.3 is 16.4 Å². The van der Waals surface area contributed by atoms with E-state index in [1.165, 1.54) is 0 Å². The van der Waals surface area contributed by atoms with Crippen LogP contribution in [0.2, 0.25) is 0 Å². The quantitative estimate of drug-likeness (QED) is 0.731. The number of nitrogens with one attached hydrogen (secondary N) is 2. The van der Waals surface area contributed by atoms with Crippen LogP contribution in [0.15, 0.2) is 24.3 Å². The average Bonchev–Trinajstić information content (AvgIpc) is 2.28. The third kappa shape index (κ3) is 3.76. The zero-order chi connectivity index (χ0) is 13.7. The summed E-state index contributed by atoms with van der Waals surface area (Å²) in [6.45, 7) is 5.53. The van der Waals surface area contributed by atoms with Gasteiger partial charge in [0.1, 0.15) is 6.04 Å². The zero-order valence-corrected chi connectivity index (χ0v) is 10.9. The van der Waals surface area contributed by atoms with Crippen molar-refractivity contribution in [2.24, 2.45) is 5.73 Å². The standard InChI is InChI=1S/C13H19N3O2/c1-8(2)15-11-7-5-4-6-10(11)13(18)16-9(3)12(14)17/h4-9,15H,1-3H3,(H2,14,17)(H,16,18). The number of amides is 2. The summed E-state index contributed by atoms with van der Waals surface area (Å²) in [7, 11) is 0. The van der Waals surface area contributed by atoms with Crippen LogP contribution in [0.1, 0.15) is 31.1 Å². The molecule has 0 aliphatic rings. The van der Waals surface area contributed by atoms with Crippen LogP contribution < -0.4 is 16.4 Å². The summed E-state index contributed by atoms with van der Waals surface area (Å²) < 4.78 is 0. The number of primary amides is 1. The monoisotopic (exact) mass is 249 g/mol. The van der Waals surface area contributed by atoms with Gasteiger partial charge in [-0.05, 0) is 32.9 Å². The Balaban J connectivity index is 2.88. The van der Waals surface area contributed by atoms with Crippen molar-refractivity contribution in [1.29, 1.82) is 0 Å². The van der Waals surface area contributed by atoms with Gasteiger partial charge in [-0.2, -0.15) is 0 Å². The van der Waals surface area contributed by atoms with Crippen molar-refractivity contribution >= 4 is 17.5 Å². The van der Waals surface area contributed by atoms with E-state index in [1.807, 2.05) is 26.0 Å². The molecule has 0 bridgehead atoms. The normalized spacial score (nSPS) is 12.0. The van der Waals surface area contributed by atoms with Crippen molar-refractivity contribution in [2.75, 3.05) is 5.32 Å². The smallest absolute Gasteiger partial charge is 0.254 e. The molecule has 2 amide bonds. The molecule has 0 aliphatic heterocycles. The molecule has 0 spiro atoms. The molecule has 1 aromatic rings. The Morgan fingerprint density at radius 2 is 1.78 bits per heavy atom. The maximum absolute atomic E-state index is 12.0. The first-order valence-corrected chi connectivity index (χ1v) is 5.87. The second kappa shape index (κ2) is 6.05. The Morgan fingerprint density at radius 3 is 2.33 bits per heavy atom. The van der Waals surface area contributed by atoms with E-state index in [1.54, 1.807) is 19.1 Å². The van der Waals surface area contributed by atoms with Crippen LogP contribution in [-0.2, 0) is 4.79 Å². The van der Waals surface area contributed by atoms with Gasteiger partial charge >= 0.3 is 0 Å². The van der Waals surface area contributed by atoms with Crippen LogP contribution >= 0.6 is 0 Å². The Bertz CT molecular complexity index is 444. The van der Waals surface area contributed by atoms with Gasteiger partial charge in [-0.3, -0.25) is 9.59 Å². The number of anilines is 1. The molecular weight excluding hydrogens is 230 g/mol. The van der Waals surface area contributed by atoms with Crippen molar-refractivity contribution in [2.45, 2.75) is 32.9 Å². The van der Waals surface area contributed by atoms with Crippen LogP contribution in [-0.4, -0.2) is 23.9 Å². The highest BCUT2D eigenvalue weighted by atomic mass is 16.2. The Kier molecular flexibility index (Phi) is 4.71. The Labute approximate surface area is 107 Å². The number of hydrogen-bond donors (Lipinski definition) is 3. The topological polar surface area (TPSA) is 84.2 Å². The highest BCUT2D eigenvalue weighted by Crippen LogP contribution is 2.16. The fourth-order valence-corrected chi connectivity index (χ4v) is 1.46. The van der Waals surface area contributed by atoms with Crippen LogP contribution in [0.5, 0.6) is 0 Å². The van der Waals surface area contributed by atoms with E-state index in [-0.39, 0.29) is 11.9 Å². The first kappa shape index (κ1) is 14.0. The fourth-order valence-electron chi connectivity index (χ4n) is 1.46. The second-order valence-electron chi connectivity index (χ2n) is 4.44. The summed E-state index contributed by atoms with van der Waals surface area (Å²) in [6, 6.07) is 6.67. The lowest BCUT2D eigenvalue weighted by atomic mass is 10.1. The maximum atomic E-state index is 12.0. The predicted octanol–water partition coefficient (Wildman–Crippen LogP) is 1.11. The summed E-state index contributed by atoms with van der Waals surface area (Å²) in [5, 5.41) is 5.74. The third-order valence-corrected chi connectivity index (χ3v) is 2.39. The minimum Gasteiger partial charge on any atom is -0.382 e. The molecule has 0 radical (unpaired) electrons. The zero-order valence-electron chi connectivity index (χ0n) is 10.9. The minimum atomic E-state index is -0.690. The van der Waals surface area contributed by atoms with Gasteiger partial charge in [0.25, 0.3) is 5.91 Å². The molecule has 5 heteroatoms. The molecule has 0 fully saturated rings. The molecule has 4 N–H and O–H groups in total. The molecule has 1 rings (SSSR count). The lowest BCUT2D eigenvalue weighted by Crippen LogP contribution is -2.42. The van der Waals surface area contributed by atoms with Crippen LogP contribution in [0.3, 0.4) is 0 Å². The van der Waals surface area contributed by atoms with Crippen LogP contribution in [0, 0.1) is 0 Å². The van der Waals surface area contributed by atoms with E-state index in [0.717, 1.165) is 5.69 Å². The largest absolute Gasteiger partial charge is 0.382 e. The number of para-hydroxylation sites is 1. The SMILES string of the molecule is CC(C)Nc1ccccc1C(=O)NC(C)C(N)=O. The lowest BCUT2D eigenvalue weighted by Gasteiger charge is -2.16. The van der Waals surface area contributed by atoms with Gasteiger partial charge in [0.05, 0.1) is 5.56 Å². The van der Waals surface area contributed by atoms with Gasteiger partial charge in [0.15, 0.2) is 0 Å². The van der Waals surface area contributed by atoms with Gasteiger partial charge in [-0.15, -0.1) is 0 Å². The van der Waals surface area contributed by atoms with Crippen molar-refractivity contribution in [3.05, 3.63) is 29.8 Å². The second-order valence-corrected chi connectivity index (χ2v) is 4.44. The Morgan fingerprint density at radius 1 is 1.17 bits per heavy atom. The van der Waals surface area contributed by atoms with E-state index in [2.05, 4.69) is 10.6 Å². The molecule has 0 aliphatic carbocycles. The third-order valence-electron chi connectivity index (χ3n) is 2.39. The van der Waals surface area contributed by atoms with E-state index in [0.29, 0.717) is 5.56 Å². The molecule has 1 unspecified atom stereocenters. The van der Waals surface area contributed by atoms with Crippen molar-refractivity contribution in [3.63, 3.8) is 0 Å². The van der Waals surface area contributed by atoms with E-state index >= 15 is 0 Å². The predicted molar refractivity (Wildman–Crippen MR) is 71.3 cm³/mol. The minimum absolute atomic E-state index is 0.215. The molecule has 18 heavy (non-hydrogen) atoms. The van der Waals surface area contributed by atoms with Crippen LogP contribution in [0.4, 0.5) is 5.69 Å². The van der Waals surface area contributed by atoms with Gasteiger partial charge in [-0.25, -0.2) is 0 Å². The number of nitrogens with two attached hydrogens (primary N) is 1. The summed E-state index contributed by atoms with van der Waals surface area (Å²) in [4.78, 5) is 22.9. The molecule has 1 atom stereocenters. The van der Waals surface area contributed by atoms with E-state index in [9.17, 15) is 9.59 Å². The highest BCUT2D eigenvalue weighted by Gasteiger charge is 2.16. The van der Waals surface area contributed by atoms with Crippen LogP contribution in [0.25, 0.3) is 0 Å². The summed E-state index contributed by atoms with van der Waals surface area (Å²) in [6.07, 6.45) is 0. The number of hydrogen-bond acceptors (Lipinski definition) is 3. The molecule has 0 saturated heterocycles. The lowest BCUT2D eigenvalue weighted by molar-refractivity contribution is -0.119. The first-order valence-electron chi connectivity index (χ1n) is 5.87. The maximum Gasteiger partial charge on any atom is 0.254 e. The van der Waals surface area contributed by atoms with Crippen molar-refractivity contribution in [3.8, 4) is 0 Å². The number of carbonyl (C=O) groups excluding carboxylic acids is 2. The Hall–Kier alpha value is -2.04. The molecule has 98 valence electrons. The summed E-state index contributed by atoms with van der Waals surface area (Å²) in [5.41, 5.74) is 6.35. The average molecular weight is 249 g/mol.